The maximum Gasteiger partial charge on any atom is 0.272 e. The zero-order valence-electron chi connectivity index (χ0n) is 11.7. The topological polar surface area (TPSA) is 92.8 Å². The maximum atomic E-state index is 12.3. The minimum absolute atomic E-state index is 0.0708. The summed E-state index contributed by atoms with van der Waals surface area (Å²) in [4.78, 5) is 20.2. The first-order chi connectivity index (χ1) is 11.1. The number of anilines is 1. The van der Waals surface area contributed by atoms with E-state index in [2.05, 4.69) is 25.5 Å². The molecule has 0 unspecified atom stereocenters. The van der Waals surface area contributed by atoms with Crippen LogP contribution in [0.15, 0.2) is 36.8 Å². The summed E-state index contributed by atoms with van der Waals surface area (Å²) in [5.74, 6) is -0.533. The van der Waals surface area contributed by atoms with Crippen LogP contribution >= 0.6 is 0 Å². The van der Waals surface area contributed by atoms with Crippen molar-refractivity contribution >= 4 is 22.6 Å². The second-order valence-corrected chi connectivity index (χ2v) is 4.54. The normalized spacial score (nSPS) is 10.9. The molecule has 0 radical (unpaired) electrons. The zero-order valence-corrected chi connectivity index (χ0v) is 11.7. The highest BCUT2D eigenvalue weighted by Gasteiger charge is 2.13. The fraction of sp³-hybridized carbons (Fsp3) is 0.143. The first kappa shape index (κ1) is 14.8. The average molecular weight is 319 g/mol. The van der Waals surface area contributed by atoms with E-state index >= 15 is 0 Å². The van der Waals surface area contributed by atoms with Gasteiger partial charge in [0.25, 0.3) is 12.3 Å². The van der Waals surface area contributed by atoms with E-state index in [1.165, 1.54) is 18.5 Å². The molecule has 0 aliphatic rings. The van der Waals surface area contributed by atoms with Gasteiger partial charge in [-0.05, 0) is 18.2 Å². The van der Waals surface area contributed by atoms with Gasteiger partial charge in [0.1, 0.15) is 5.69 Å². The Morgan fingerprint density at radius 3 is 3.04 bits per heavy atom. The van der Waals surface area contributed by atoms with Crippen LogP contribution in [0.2, 0.25) is 0 Å². The molecule has 0 bridgehead atoms. The predicted molar refractivity (Wildman–Crippen MR) is 77.6 cm³/mol. The summed E-state index contributed by atoms with van der Waals surface area (Å²) < 4.78 is 29.4. The van der Waals surface area contributed by atoms with E-state index in [9.17, 15) is 13.6 Å². The van der Waals surface area contributed by atoms with Crippen molar-refractivity contribution in [2.45, 2.75) is 6.43 Å². The van der Waals surface area contributed by atoms with Crippen molar-refractivity contribution < 1.29 is 18.3 Å². The average Bonchev–Trinajstić information content (AvgIpc) is 3.01. The Balaban J connectivity index is 1.79. The molecule has 0 aliphatic carbocycles. The van der Waals surface area contributed by atoms with Crippen molar-refractivity contribution in [2.75, 3.05) is 11.9 Å². The second-order valence-electron chi connectivity index (χ2n) is 4.54. The second kappa shape index (κ2) is 6.34. The third kappa shape index (κ3) is 3.39. The van der Waals surface area contributed by atoms with Crippen LogP contribution in [0.4, 0.5) is 14.5 Å². The summed E-state index contributed by atoms with van der Waals surface area (Å²) in [5, 5.41) is 9.74. The van der Waals surface area contributed by atoms with Gasteiger partial charge in [-0.25, -0.2) is 18.7 Å². The number of amides is 1. The molecule has 23 heavy (non-hydrogen) atoms. The lowest BCUT2D eigenvalue weighted by Crippen LogP contribution is -2.15. The van der Waals surface area contributed by atoms with Crippen molar-refractivity contribution in [2.24, 2.45) is 0 Å². The SMILES string of the molecule is O=C(Nc1cccnc1OCC(F)F)c1cnc2[nH]ncc2c1. The lowest BCUT2D eigenvalue weighted by atomic mass is 10.2. The number of nitrogens with zero attached hydrogens (tertiary/aromatic N) is 3. The number of pyridine rings is 2. The Kier molecular flexibility index (Phi) is 4.09. The van der Waals surface area contributed by atoms with Crippen LogP contribution < -0.4 is 10.1 Å². The van der Waals surface area contributed by atoms with Crippen LogP contribution in [0.5, 0.6) is 5.88 Å². The standard InChI is InChI=1S/C14H11F2N5O2/c15-11(16)7-23-14-10(2-1-3-17-14)20-13(22)9-4-8-6-19-21-12(8)18-5-9/h1-6,11H,7H2,(H,20,22)(H,18,19,21). The van der Waals surface area contributed by atoms with Gasteiger partial charge in [-0.3, -0.25) is 9.89 Å². The lowest BCUT2D eigenvalue weighted by molar-refractivity contribution is 0.0799. The van der Waals surface area contributed by atoms with Gasteiger partial charge in [0.15, 0.2) is 12.3 Å². The van der Waals surface area contributed by atoms with Crippen molar-refractivity contribution in [1.82, 2.24) is 20.2 Å². The molecular formula is C14H11F2N5O2. The predicted octanol–water partition coefficient (Wildman–Crippen LogP) is 2.25. The highest BCUT2D eigenvalue weighted by molar-refractivity contribution is 6.06. The quantitative estimate of drug-likeness (QED) is 0.752. The van der Waals surface area contributed by atoms with Crippen LogP contribution in [-0.4, -0.2) is 39.1 Å². The number of H-pyrrole nitrogens is 1. The zero-order chi connectivity index (χ0) is 16.2. The number of ether oxygens (including phenoxy) is 1. The van der Waals surface area contributed by atoms with E-state index in [1.54, 1.807) is 18.3 Å². The molecule has 118 valence electrons. The molecule has 9 heteroatoms. The van der Waals surface area contributed by atoms with E-state index < -0.39 is 18.9 Å². The van der Waals surface area contributed by atoms with E-state index in [4.69, 9.17) is 4.74 Å². The molecule has 0 fully saturated rings. The molecular weight excluding hydrogens is 308 g/mol. The Hall–Kier alpha value is -3.10. The van der Waals surface area contributed by atoms with Crippen LogP contribution in [0.1, 0.15) is 10.4 Å². The van der Waals surface area contributed by atoms with Crippen LogP contribution in [0, 0.1) is 0 Å². The van der Waals surface area contributed by atoms with Crippen molar-refractivity contribution in [3.63, 3.8) is 0 Å². The minimum Gasteiger partial charge on any atom is -0.470 e. The number of hydrogen-bond acceptors (Lipinski definition) is 5. The summed E-state index contributed by atoms with van der Waals surface area (Å²) >= 11 is 0. The van der Waals surface area contributed by atoms with Gasteiger partial charge >= 0.3 is 0 Å². The lowest BCUT2D eigenvalue weighted by Gasteiger charge is -2.10. The summed E-state index contributed by atoms with van der Waals surface area (Å²) in [5.41, 5.74) is 1.05. The van der Waals surface area contributed by atoms with Gasteiger partial charge in [-0.1, -0.05) is 0 Å². The number of fused-ring (bicyclic) bond motifs is 1. The molecule has 3 aromatic rings. The van der Waals surface area contributed by atoms with Gasteiger partial charge in [0.2, 0.25) is 5.88 Å². The number of aromatic nitrogens is 4. The van der Waals surface area contributed by atoms with Crippen molar-refractivity contribution in [3.05, 3.63) is 42.4 Å². The molecule has 2 N–H and O–H groups in total. The fourth-order valence-electron chi connectivity index (χ4n) is 1.90. The number of aromatic amines is 1. The molecule has 3 rings (SSSR count). The van der Waals surface area contributed by atoms with Crippen molar-refractivity contribution in [3.8, 4) is 5.88 Å². The van der Waals surface area contributed by atoms with Gasteiger partial charge in [-0.15, -0.1) is 0 Å². The van der Waals surface area contributed by atoms with Crippen LogP contribution in [0.25, 0.3) is 11.0 Å². The number of hydrogen-bond donors (Lipinski definition) is 2. The molecule has 3 aromatic heterocycles. The Labute approximate surface area is 128 Å². The Bertz CT molecular complexity index is 837. The monoisotopic (exact) mass is 319 g/mol. The molecule has 0 saturated heterocycles. The Morgan fingerprint density at radius 1 is 1.35 bits per heavy atom. The molecule has 3 heterocycles. The van der Waals surface area contributed by atoms with Gasteiger partial charge in [0.05, 0.1) is 11.8 Å². The largest absolute Gasteiger partial charge is 0.470 e. The number of carbonyl (C=O) groups is 1. The minimum atomic E-state index is -2.63. The molecule has 1 amide bonds. The first-order valence-corrected chi connectivity index (χ1v) is 6.60. The molecule has 0 atom stereocenters. The number of rotatable bonds is 5. The van der Waals surface area contributed by atoms with Gasteiger partial charge in [-0.2, -0.15) is 5.10 Å². The fourth-order valence-corrected chi connectivity index (χ4v) is 1.90. The smallest absolute Gasteiger partial charge is 0.272 e. The number of halogens is 2. The van der Waals surface area contributed by atoms with Crippen molar-refractivity contribution in [1.29, 1.82) is 0 Å². The van der Waals surface area contributed by atoms with E-state index in [0.29, 0.717) is 16.6 Å². The van der Waals surface area contributed by atoms with Crippen LogP contribution in [0.3, 0.4) is 0 Å². The highest BCUT2D eigenvalue weighted by atomic mass is 19.3. The highest BCUT2D eigenvalue weighted by Crippen LogP contribution is 2.22. The molecule has 0 aromatic carbocycles. The first-order valence-electron chi connectivity index (χ1n) is 6.60. The van der Waals surface area contributed by atoms with Crippen LogP contribution in [-0.2, 0) is 0 Å². The summed E-state index contributed by atoms with van der Waals surface area (Å²) in [6, 6.07) is 4.68. The number of nitrogens with one attached hydrogen (secondary N) is 2. The Morgan fingerprint density at radius 2 is 2.22 bits per heavy atom. The van der Waals surface area contributed by atoms with Gasteiger partial charge in [0, 0.05) is 17.8 Å². The third-order valence-electron chi connectivity index (χ3n) is 2.92. The van der Waals surface area contributed by atoms with E-state index in [0.717, 1.165) is 0 Å². The van der Waals surface area contributed by atoms with E-state index in [-0.39, 0.29) is 11.6 Å². The maximum absolute atomic E-state index is 12.3. The van der Waals surface area contributed by atoms with E-state index in [1.807, 2.05) is 0 Å². The van der Waals surface area contributed by atoms with Gasteiger partial charge < -0.3 is 10.1 Å². The number of carbonyl (C=O) groups excluding carboxylic acids is 1. The summed E-state index contributed by atoms with van der Waals surface area (Å²) in [6.45, 7) is -0.803. The molecule has 0 aliphatic heterocycles. The number of alkyl halides is 2. The molecule has 0 spiro atoms. The summed E-state index contributed by atoms with van der Waals surface area (Å²) in [7, 11) is 0. The third-order valence-corrected chi connectivity index (χ3v) is 2.92. The summed E-state index contributed by atoms with van der Waals surface area (Å²) in [6.07, 6.45) is 1.68. The molecule has 7 nitrogen and oxygen atoms in total. The molecule has 0 saturated carbocycles.